The van der Waals surface area contributed by atoms with Crippen LogP contribution in [-0.2, 0) is 9.53 Å². The standard InChI is InChI=1S/C17H22BrNO2/c1-11-7-13(18)8-14(12-5-6-21-10-12)16(11)19-15(20)9-17(2,3)4/h5,7-8H,6,9-10H2,1-4H3,(H,19,20). The Bertz CT molecular complexity index is 585. The van der Waals surface area contributed by atoms with Gasteiger partial charge in [0.05, 0.1) is 18.9 Å². The molecule has 0 spiro atoms. The van der Waals surface area contributed by atoms with E-state index < -0.39 is 0 Å². The fourth-order valence-electron chi connectivity index (χ4n) is 2.40. The summed E-state index contributed by atoms with van der Waals surface area (Å²) >= 11 is 3.53. The van der Waals surface area contributed by atoms with Crippen molar-refractivity contribution in [2.24, 2.45) is 5.41 Å². The van der Waals surface area contributed by atoms with Gasteiger partial charge in [0.2, 0.25) is 5.91 Å². The van der Waals surface area contributed by atoms with Crippen LogP contribution in [0.3, 0.4) is 0 Å². The molecule has 1 heterocycles. The predicted octanol–water partition coefficient (Wildman–Crippen LogP) is 4.55. The van der Waals surface area contributed by atoms with Crippen LogP contribution in [0.5, 0.6) is 0 Å². The average molecular weight is 352 g/mol. The zero-order valence-electron chi connectivity index (χ0n) is 13.0. The van der Waals surface area contributed by atoms with Crippen molar-refractivity contribution in [2.75, 3.05) is 18.5 Å². The van der Waals surface area contributed by atoms with Gasteiger partial charge in [0, 0.05) is 16.5 Å². The first-order chi connectivity index (χ1) is 9.76. The number of anilines is 1. The summed E-state index contributed by atoms with van der Waals surface area (Å²) in [5.74, 6) is 0.0497. The van der Waals surface area contributed by atoms with Crippen molar-refractivity contribution < 1.29 is 9.53 Å². The van der Waals surface area contributed by atoms with E-state index in [2.05, 4.69) is 48.1 Å². The Kier molecular flexibility index (Phi) is 4.89. The Hall–Kier alpha value is -1.13. The smallest absolute Gasteiger partial charge is 0.224 e. The highest BCUT2D eigenvalue weighted by Crippen LogP contribution is 2.33. The topological polar surface area (TPSA) is 38.3 Å². The molecule has 0 unspecified atom stereocenters. The number of amides is 1. The van der Waals surface area contributed by atoms with Crippen LogP contribution in [0.4, 0.5) is 5.69 Å². The fourth-order valence-corrected chi connectivity index (χ4v) is 2.97. The number of hydrogen-bond acceptors (Lipinski definition) is 2. The molecule has 0 saturated heterocycles. The summed E-state index contributed by atoms with van der Waals surface area (Å²) in [6, 6.07) is 4.06. The molecular formula is C17H22BrNO2. The third-order valence-electron chi connectivity index (χ3n) is 3.31. The van der Waals surface area contributed by atoms with Crippen molar-refractivity contribution >= 4 is 33.1 Å². The number of hydrogen-bond donors (Lipinski definition) is 1. The number of aryl methyl sites for hydroxylation is 1. The summed E-state index contributed by atoms with van der Waals surface area (Å²) in [6.07, 6.45) is 2.57. The van der Waals surface area contributed by atoms with E-state index in [-0.39, 0.29) is 11.3 Å². The maximum atomic E-state index is 12.3. The fraction of sp³-hybridized carbons (Fsp3) is 0.471. The van der Waals surface area contributed by atoms with E-state index >= 15 is 0 Å². The van der Waals surface area contributed by atoms with Crippen LogP contribution in [-0.4, -0.2) is 19.1 Å². The van der Waals surface area contributed by atoms with Crippen molar-refractivity contribution in [3.8, 4) is 0 Å². The van der Waals surface area contributed by atoms with Crippen LogP contribution < -0.4 is 5.32 Å². The van der Waals surface area contributed by atoms with Crippen molar-refractivity contribution in [2.45, 2.75) is 34.1 Å². The molecule has 0 atom stereocenters. The molecule has 1 aliphatic heterocycles. The van der Waals surface area contributed by atoms with E-state index in [0.717, 1.165) is 26.9 Å². The lowest BCUT2D eigenvalue weighted by Gasteiger charge is -2.20. The number of carbonyl (C=O) groups excluding carboxylic acids is 1. The van der Waals surface area contributed by atoms with Gasteiger partial charge in [0.1, 0.15) is 0 Å². The number of ether oxygens (including phenoxy) is 1. The van der Waals surface area contributed by atoms with Crippen LogP contribution in [0.15, 0.2) is 22.7 Å². The van der Waals surface area contributed by atoms with Gasteiger partial charge in [-0.05, 0) is 35.6 Å². The number of halogens is 1. The predicted molar refractivity (Wildman–Crippen MR) is 90.4 cm³/mol. The Morgan fingerprint density at radius 1 is 1.38 bits per heavy atom. The van der Waals surface area contributed by atoms with E-state index in [4.69, 9.17) is 4.74 Å². The van der Waals surface area contributed by atoms with Gasteiger partial charge in [0.25, 0.3) is 0 Å². The number of benzene rings is 1. The molecule has 4 heteroatoms. The van der Waals surface area contributed by atoms with Gasteiger partial charge < -0.3 is 10.1 Å². The molecule has 0 radical (unpaired) electrons. The molecule has 0 saturated carbocycles. The van der Waals surface area contributed by atoms with E-state index in [1.54, 1.807) is 0 Å². The quantitative estimate of drug-likeness (QED) is 0.867. The van der Waals surface area contributed by atoms with Gasteiger partial charge in [-0.25, -0.2) is 0 Å². The van der Waals surface area contributed by atoms with Gasteiger partial charge in [-0.15, -0.1) is 0 Å². The molecule has 1 N–H and O–H groups in total. The SMILES string of the molecule is Cc1cc(Br)cc(C2=CCOC2)c1NC(=O)CC(C)(C)C. The van der Waals surface area contributed by atoms with Gasteiger partial charge in [-0.2, -0.15) is 0 Å². The molecule has 1 amide bonds. The van der Waals surface area contributed by atoms with Crippen molar-refractivity contribution in [3.63, 3.8) is 0 Å². The van der Waals surface area contributed by atoms with Crippen molar-refractivity contribution in [1.29, 1.82) is 0 Å². The molecule has 1 aromatic carbocycles. The number of carbonyl (C=O) groups is 1. The van der Waals surface area contributed by atoms with Crippen molar-refractivity contribution in [1.82, 2.24) is 0 Å². The van der Waals surface area contributed by atoms with E-state index in [9.17, 15) is 4.79 Å². The lowest BCUT2D eigenvalue weighted by Crippen LogP contribution is -2.21. The highest BCUT2D eigenvalue weighted by molar-refractivity contribution is 9.10. The zero-order valence-corrected chi connectivity index (χ0v) is 14.6. The molecule has 21 heavy (non-hydrogen) atoms. The first kappa shape index (κ1) is 16.2. The van der Waals surface area contributed by atoms with Crippen LogP contribution >= 0.6 is 15.9 Å². The Labute approximate surface area is 134 Å². The minimum Gasteiger partial charge on any atom is -0.373 e. The highest BCUT2D eigenvalue weighted by atomic mass is 79.9. The van der Waals surface area contributed by atoms with Crippen LogP contribution in [0.1, 0.15) is 38.3 Å². The monoisotopic (exact) mass is 351 g/mol. The van der Waals surface area contributed by atoms with Gasteiger partial charge in [0.15, 0.2) is 0 Å². The second-order valence-electron chi connectivity index (χ2n) is 6.68. The third kappa shape index (κ3) is 4.42. The van der Waals surface area contributed by atoms with Gasteiger partial charge in [-0.1, -0.05) is 42.8 Å². The average Bonchev–Trinajstić information content (AvgIpc) is 2.83. The lowest BCUT2D eigenvalue weighted by atomic mass is 9.91. The van der Waals surface area contributed by atoms with Gasteiger partial charge in [-0.3, -0.25) is 4.79 Å². The number of rotatable bonds is 3. The summed E-state index contributed by atoms with van der Waals surface area (Å²) in [7, 11) is 0. The summed E-state index contributed by atoms with van der Waals surface area (Å²) in [6.45, 7) is 9.44. The number of nitrogens with one attached hydrogen (secondary N) is 1. The van der Waals surface area contributed by atoms with E-state index in [0.29, 0.717) is 19.6 Å². The molecule has 114 valence electrons. The molecule has 1 aliphatic rings. The molecule has 0 bridgehead atoms. The third-order valence-corrected chi connectivity index (χ3v) is 3.76. The molecule has 2 rings (SSSR count). The summed E-state index contributed by atoms with van der Waals surface area (Å²) in [4.78, 5) is 12.3. The first-order valence-corrected chi connectivity index (χ1v) is 7.93. The lowest BCUT2D eigenvalue weighted by molar-refractivity contribution is -0.117. The second-order valence-corrected chi connectivity index (χ2v) is 7.59. The second kappa shape index (κ2) is 6.32. The normalized spacial score (nSPS) is 15.0. The van der Waals surface area contributed by atoms with E-state index in [1.807, 2.05) is 19.1 Å². The highest BCUT2D eigenvalue weighted by Gasteiger charge is 2.20. The molecule has 1 aromatic rings. The van der Waals surface area contributed by atoms with Crippen LogP contribution in [0.25, 0.3) is 5.57 Å². The Balaban J connectivity index is 2.31. The summed E-state index contributed by atoms with van der Waals surface area (Å²) < 4.78 is 6.42. The molecule has 0 aliphatic carbocycles. The molecule has 3 nitrogen and oxygen atoms in total. The minimum absolute atomic E-state index is 0.0246. The summed E-state index contributed by atoms with van der Waals surface area (Å²) in [5.41, 5.74) is 4.09. The zero-order chi connectivity index (χ0) is 15.6. The Morgan fingerprint density at radius 3 is 2.67 bits per heavy atom. The van der Waals surface area contributed by atoms with E-state index in [1.165, 1.54) is 0 Å². The Morgan fingerprint density at radius 2 is 2.10 bits per heavy atom. The maximum Gasteiger partial charge on any atom is 0.224 e. The largest absolute Gasteiger partial charge is 0.373 e. The summed E-state index contributed by atoms with van der Waals surface area (Å²) in [5, 5.41) is 3.08. The van der Waals surface area contributed by atoms with Crippen molar-refractivity contribution in [3.05, 3.63) is 33.8 Å². The minimum atomic E-state index is -0.0246. The molecule has 0 aromatic heterocycles. The van der Waals surface area contributed by atoms with Crippen LogP contribution in [0, 0.1) is 12.3 Å². The van der Waals surface area contributed by atoms with Gasteiger partial charge >= 0.3 is 0 Å². The molecule has 0 fully saturated rings. The molecular weight excluding hydrogens is 330 g/mol. The maximum absolute atomic E-state index is 12.3. The first-order valence-electron chi connectivity index (χ1n) is 7.13. The van der Waals surface area contributed by atoms with Crippen LogP contribution in [0.2, 0.25) is 0 Å².